The lowest BCUT2D eigenvalue weighted by molar-refractivity contribution is 0.00336. The molecule has 2 aliphatic heterocycles. The summed E-state index contributed by atoms with van der Waals surface area (Å²) in [4.78, 5) is 10.3. The van der Waals surface area contributed by atoms with Crippen molar-refractivity contribution >= 4 is 46.3 Å². The minimum Gasteiger partial charge on any atom is -0.456 e. The van der Waals surface area contributed by atoms with Crippen LogP contribution in [0.2, 0.25) is 30.7 Å². The molecule has 13 heteroatoms. The molecule has 0 bridgehead atoms. The van der Waals surface area contributed by atoms with Gasteiger partial charge < -0.3 is 24.1 Å². The fourth-order valence-corrected chi connectivity index (χ4v) is 7.54. The second-order valence-corrected chi connectivity index (χ2v) is 20.7. The molecule has 0 spiro atoms. The molecule has 0 saturated carbocycles. The first-order valence-corrected chi connectivity index (χ1v) is 20.6. The van der Waals surface area contributed by atoms with E-state index < -0.39 is 36.1 Å². The number of aromatic nitrogens is 3. The van der Waals surface area contributed by atoms with Gasteiger partial charge in [0, 0.05) is 31.4 Å². The number of rotatable bonds is 10. The number of fused-ring (bicyclic) bond motifs is 2. The smallest absolute Gasteiger partial charge is 0.301 e. The highest BCUT2D eigenvalue weighted by Gasteiger charge is 2.49. The van der Waals surface area contributed by atoms with E-state index in [-0.39, 0.29) is 26.0 Å². The van der Waals surface area contributed by atoms with E-state index in [4.69, 9.17) is 40.5 Å². The summed E-state index contributed by atoms with van der Waals surface area (Å²) in [6.45, 7) is 8.20. The number of imidazole rings is 1. The highest BCUT2D eigenvalue weighted by atomic mass is 35.5. The predicted octanol–water partition coefficient (Wildman–Crippen LogP) is 5.76. The molecule has 2 aliphatic rings. The number of nitrogens with zero attached hydrogens (tertiary/aromatic N) is 4. The molecule has 2 fully saturated rings. The third-order valence-electron chi connectivity index (χ3n) is 7.70. The molecule has 2 saturated heterocycles. The van der Waals surface area contributed by atoms with Crippen LogP contribution in [-0.2, 0) is 30.7 Å². The van der Waals surface area contributed by atoms with Crippen LogP contribution in [0.5, 0.6) is 6.01 Å². The van der Waals surface area contributed by atoms with E-state index in [0.717, 1.165) is 11.6 Å². The van der Waals surface area contributed by atoms with Gasteiger partial charge in [-0.25, -0.2) is 9.19 Å². The number of hydrogen-bond acceptors (Lipinski definition) is 9. The van der Waals surface area contributed by atoms with E-state index in [2.05, 4.69) is 24.0 Å². The van der Waals surface area contributed by atoms with Crippen LogP contribution in [0.15, 0.2) is 69.9 Å². The van der Waals surface area contributed by atoms with Gasteiger partial charge in [-0.1, -0.05) is 61.6 Å². The van der Waals surface area contributed by atoms with Gasteiger partial charge in [-0.15, -0.1) is 0 Å². The summed E-state index contributed by atoms with van der Waals surface area (Å²) in [6, 6.07) is 19.7. The number of pyridine rings is 1. The van der Waals surface area contributed by atoms with Gasteiger partial charge in [-0.05, 0) is 36.4 Å². The molecular formula is C31H37ClN4O6SSi. The van der Waals surface area contributed by atoms with Crippen molar-refractivity contribution in [1.82, 2.24) is 14.5 Å². The van der Waals surface area contributed by atoms with E-state index in [1.807, 2.05) is 54.6 Å². The van der Waals surface area contributed by atoms with Crippen molar-refractivity contribution in [1.29, 1.82) is 0 Å². The Bertz CT molecular complexity index is 1760. The van der Waals surface area contributed by atoms with Crippen LogP contribution in [0.4, 0.5) is 5.69 Å². The number of aliphatic hydroxyl groups excluding tert-OH is 1. The van der Waals surface area contributed by atoms with Crippen molar-refractivity contribution in [2.24, 2.45) is 4.36 Å². The Kier molecular flexibility index (Phi) is 8.86. The molecule has 44 heavy (non-hydrogen) atoms. The fourth-order valence-electron chi connectivity index (χ4n) is 5.23. The van der Waals surface area contributed by atoms with Crippen molar-refractivity contribution in [2.75, 3.05) is 26.1 Å². The Balaban J connectivity index is 1.31. The molecule has 0 radical (unpaired) electrons. The number of benzene rings is 2. The van der Waals surface area contributed by atoms with Crippen molar-refractivity contribution < 1.29 is 28.3 Å². The van der Waals surface area contributed by atoms with Gasteiger partial charge >= 0.3 is 6.01 Å². The van der Waals surface area contributed by atoms with Gasteiger partial charge in [0.25, 0.3) is 0 Å². The maximum atomic E-state index is 13.3. The van der Waals surface area contributed by atoms with E-state index in [9.17, 15) is 9.32 Å². The zero-order chi connectivity index (χ0) is 31.1. The van der Waals surface area contributed by atoms with E-state index in [1.54, 1.807) is 16.9 Å². The number of ether oxygens (including phenoxy) is 4. The van der Waals surface area contributed by atoms with Gasteiger partial charge in [0.05, 0.1) is 39.3 Å². The molecule has 4 heterocycles. The molecule has 1 N–H and O–H groups in total. The van der Waals surface area contributed by atoms with Crippen molar-refractivity contribution in [2.45, 2.75) is 61.7 Å². The second kappa shape index (κ2) is 12.5. The zero-order valence-electron chi connectivity index (χ0n) is 25.2. The normalized spacial score (nSPS) is 23.0. The van der Waals surface area contributed by atoms with Crippen LogP contribution in [0, 0.1) is 0 Å². The Morgan fingerprint density at radius 1 is 1.07 bits per heavy atom. The van der Waals surface area contributed by atoms with Crippen LogP contribution in [-0.4, -0.2) is 82.4 Å². The summed E-state index contributed by atoms with van der Waals surface area (Å²) < 4.78 is 43.5. The van der Waals surface area contributed by atoms with E-state index in [0.29, 0.717) is 45.1 Å². The Labute approximate surface area is 263 Å². The quantitative estimate of drug-likeness (QED) is 0.169. The van der Waals surface area contributed by atoms with Crippen LogP contribution in [0.3, 0.4) is 0 Å². The molecule has 5 atom stereocenters. The fraction of sp³-hybridized carbons (Fsp3) is 0.419. The minimum absolute atomic E-state index is 0.192. The van der Waals surface area contributed by atoms with Crippen molar-refractivity contribution in [3.8, 4) is 17.3 Å². The van der Waals surface area contributed by atoms with Crippen LogP contribution < -0.4 is 4.74 Å². The van der Waals surface area contributed by atoms with E-state index >= 15 is 0 Å². The Morgan fingerprint density at radius 2 is 1.80 bits per heavy atom. The summed E-state index contributed by atoms with van der Waals surface area (Å²) >= 11 is 6.75. The van der Waals surface area contributed by atoms with E-state index in [1.165, 1.54) is 0 Å². The van der Waals surface area contributed by atoms with Crippen molar-refractivity contribution in [3.05, 3.63) is 65.7 Å². The average Bonchev–Trinajstić information content (AvgIpc) is 3.66. The van der Waals surface area contributed by atoms with Gasteiger partial charge in [0.1, 0.15) is 30.6 Å². The van der Waals surface area contributed by atoms with Crippen molar-refractivity contribution in [3.63, 3.8) is 0 Å². The summed E-state index contributed by atoms with van der Waals surface area (Å²) in [5.74, 6) is 0. The first-order chi connectivity index (χ1) is 21.0. The first-order valence-electron chi connectivity index (χ1n) is 14.6. The molecule has 10 nitrogen and oxygen atoms in total. The van der Waals surface area contributed by atoms with Crippen LogP contribution >= 0.6 is 11.6 Å². The lowest BCUT2D eigenvalue weighted by atomic mass is 10.1. The zero-order valence-corrected chi connectivity index (χ0v) is 27.8. The third-order valence-corrected chi connectivity index (χ3v) is 11.4. The maximum absolute atomic E-state index is 13.3. The van der Waals surface area contributed by atoms with Gasteiger partial charge in [-0.2, -0.15) is 9.35 Å². The highest BCUT2D eigenvalue weighted by molar-refractivity contribution is 7.93. The van der Waals surface area contributed by atoms with Crippen LogP contribution in [0.1, 0.15) is 0 Å². The standard InChI is InChI=1S/C31H37ClN4O6SSi/c1-43(38,22-8-6-5-7-9-22)35-21-12-10-20(11-13-21)27-23(32)16-24-30(34-27)36(19-39-14-15-44(2,3)4)31(33-24)42-26-18-41-28-25(37)17-40-29(26)28/h5-13,16,25-26,28-29,37H,14-15,17-19H2,1-4H3/t25-,26+,28-,29-,43?/m1/s1. The number of hydrogen-bond donors (Lipinski definition) is 1. The molecule has 2 aromatic carbocycles. The minimum atomic E-state index is -2.61. The van der Waals surface area contributed by atoms with Gasteiger partial charge in [0.15, 0.2) is 11.8 Å². The first kappa shape index (κ1) is 31.2. The van der Waals surface area contributed by atoms with Gasteiger partial charge in [0.2, 0.25) is 0 Å². The molecule has 2 aromatic heterocycles. The predicted molar refractivity (Wildman–Crippen MR) is 173 cm³/mol. The number of halogens is 1. The molecule has 0 aliphatic carbocycles. The SMILES string of the molecule is C[Si](C)(C)CCOCn1c(O[C@H]2CO[C@H]3[C@@H]2OC[C@H]3O)nc2cc(Cl)c(-c3ccc(N=S(C)(=O)c4ccccc4)cc3)nc21. The average molecular weight is 657 g/mol. The maximum Gasteiger partial charge on any atom is 0.301 e. The Morgan fingerprint density at radius 3 is 2.52 bits per heavy atom. The molecule has 1 unspecified atom stereocenters. The summed E-state index contributed by atoms with van der Waals surface area (Å²) in [7, 11) is -3.90. The molecule has 0 amide bonds. The third kappa shape index (κ3) is 6.71. The second-order valence-electron chi connectivity index (χ2n) is 12.4. The highest BCUT2D eigenvalue weighted by Crippen LogP contribution is 2.34. The topological polar surface area (TPSA) is 117 Å². The lowest BCUT2D eigenvalue weighted by Crippen LogP contribution is -2.35. The lowest BCUT2D eigenvalue weighted by Gasteiger charge is -2.19. The van der Waals surface area contributed by atoms with Gasteiger partial charge in [-0.3, -0.25) is 4.57 Å². The Hall–Kier alpha value is -2.84. The molecular weight excluding hydrogens is 620 g/mol. The monoisotopic (exact) mass is 656 g/mol. The molecule has 6 rings (SSSR count). The summed E-state index contributed by atoms with van der Waals surface area (Å²) in [6.07, 6.45) is -0.295. The summed E-state index contributed by atoms with van der Waals surface area (Å²) in [5, 5.41) is 10.6. The summed E-state index contributed by atoms with van der Waals surface area (Å²) in [5.41, 5.74) is 3.05. The largest absolute Gasteiger partial charge is 0.456 e. The molecule has 234 valence electrons. The van der Waals surface area contributed by atoms with Crippen LogP contribution in [0.25, 0.3) is 22.4 Å². The molecule has 4 aromatic rings. The number of aliphatic hydroxyl groups is 1.